The number of rotatable bonds is 11. The summed E-state index contributed by atoms with van der Waals surface area (Å²) < 4.78 is 5.95. The molecule has 0 radical (unpaired) electrons. The van der Waals surface area contributed by atoms with Gasteiger partial charge in [-0.15, -0.1) is 21.5 Å². The number of piperidine rings is 1. The number of nitrogens with one attached hydrogen (secondary N) is 2. The highest BCUT2D eigenvalue weighted by atomic mass is 32.1. The van der Waals surface area contributed by atoms with Gasteiger partial charge in [0.1, 0.15) is 23.1 Å². The SMILES string of the molecule is Cc1ncsc1-c1ccc([C@H](C)NC(=O)[C@@H]2C[C@@H](O)CN2C(=O)C[C@@H](c2cc(C3CCN(C(=O)[C@@]4(N)CCc5[nH]c6nnc(-c7ccccc7O)cc6c5C4)CC3)no2)C(C)C)cc1. The minimum absolute atomic E-state index is 0.0267. The van der Waals surface area contributed by atoms with Crippen molar-refractivity contribution in [3.05, 3.63) is 100 Å². The number of likely N-dealkylation sites (tertiary alicyclic amines) is 2. The molecule has 16 heteroatoms. The van der Waals surface area contributed by atoms with Crippen LogP contribution in [-0.2, 0) is 27.2 Å². The van der Waals surface area contributed by atoms with Gasteiger partial charge in [0.2, 0.25) is 17.7 Å². The summed E-state index contributed by atoms with van der Waals surface area (Å²) in [7, 11) is 0. The van der Waals surface area contributed by atoms with Crippen molar-refractivity contribution >= 4 is 40.1 Å². The van der Waals surface area contributed by atoms with Crippen molar-refractivity contribution in [2.45, 2.75) is 108 Å². The van der Waals surface area contributed by atoms with Gasteiger partial charge in [0.05, 0.1) is 39.6 Å². The number of aliphatic hydroxyl groups excluding tert-OH is 1. The van der Waals surface area contributed by atoms with Gasteiger partial charge in [-0.2, -0.15) is 0 Å². The fraction of sp³-hybridized carbons (Fsp3) is 0.438. The van der Waals surface area contributed by atoms with Crippen molar-refractivity contribution in [1.29, 1.82) is 0 Å². The molecule has 6 heterocycles. The highest BCUT2D eigenvalue weighted by molar-refractivity contribution is 7.13. The zero-order valence-corrected chi connectivity index (χ0v) is 37.4. The average Bonchev–Trinajstić information content (AvgIpc) is 4.11. The van der Waals surface area contributed by atoms with Crippen LogP contribution in [0.5, 0.6) is 5.75 Å². The average molecular weight is 886 g/mol. The van der Waals surface area contributed by atoms with E-state index < -0.39 is 17.7 Å². The van der Waals surface area contributed by atoms with Gasteiger partial charge >= 0.3 is 0 Å². The first-order valence-corrected chi connectivity index (χ1v) is 23.1. The third-order valence-corrected chi connectivity index (χ3v) is 14.6. The van der Waals surface area contributed by atoms with Crippen LogP contribution in [0.3, 0.4) is 0 Å². The molecule has 5 atom stereocenters. The van der Waals surface area contributed by atoms with Crippen LogP contribution >= 0.6 is 11.3 Å². The number of aromatic nitrogens is 5. The Balaban J connectivity index is 0.810. The monoisotopic (exact) mass is 885 g/mol. The number of aromatic hydroxyl groups is 1. The predicted octanol–water partition coefficient (Wildman–Crippen LogP) is 6.31. The van der Waals surface area contributed by atoms with Crippen LogP contribution in [0.15, 0.2) is 70.7 Å². The predicted molar refractivity (Wildman–Crippen MR) is 242 cm³/mol. The summed E-state index contributed by atoms with van der Waals surface area (Å²) in [6.45, 7) is 9.10. The van der Waals surface area contributed by atoms with E-state index in [1.807, 2.05) is 80.6 Å². The molecular weight excluding hydrogens is 831 g/mol. The normalized spacial score (nSPS) is 21.3. The maximum absolute atomic E-state index is 14.2. The number of hydrogen-bond donors (Lipinski definition) is 5. The van der Waals surface area contributed by atoms with Crippen LogP contribution in [0.1, 0.15) is 105 Å². The van der Waals surface area contributed by atoms with E-state index in [0.717, 1.165) is 44.0 Å². The molecule has 64 heavy (non-hydrogen) atoms. The van der Waals surface area contributed by atoms with Crippen molar-refractivity contribution in [2.75, 3.05) is 19.6 Å². The molecule has 6 aromatic rings. The smallest absolute Gasteiger partial charge is 0.243 e. The van der Waals surface area contributed by atoms with Gasteiger partial charge in [-0.05, 0) is 80.3 Å². The lowest BCUT2D eigenvalue weighted by Gasteiger charge is -2.39. The van der Waals surface area contributed by atoms with E-state index in [4.69, 9.17) is 10.3 Å². The topological polar surface area (TPSA) is 217 Å². The Kier molecular flexibility index (Phi) is 11.9. The van der Waals surface area contributed by atoms with E-state index in [-0.39, 0.29) is 66.7 Å². The molecule has 3 aliphatic rings. The van der Waals surface area contributed by atoms with Crippen LogP contribution in [0.25, 0.3) is 32.7 Å². The molecule has 9 rings (SSSR count). The minimum atomic E-state index is -1.08. The van der Waals surface area contributed by atoms with E-state index in [0.29, 0.717) is 67.9 Å². The third kappa shape index (κ3) is 8.41. The van der Waals surface area contributed by atoms with E-state index in [9.17, 15) is 24.6 Å². The molecule has 15 nitrogen and oxygen atoms in total. The third-order valence-electron chi connectivity index (χ3n) is 13.7. The molecule has 0 saturated carbocycles. The van der Waals surface area contributed by atoms with E-state index in [2.05, 4.69) is 30.6 Å². The number of thiazole rings is 1. The van der Waals surface area contributed by atoms with Gasteiger partial charge in [-0.1, -0.05) is 55.4 Å². The Morgan fingerprint density at radius 3 is 2.55 bits per heavy atom. The summed E-state index contributed by atoms with van der Waals surface area (Å²) in [6.07, 6.45) is 2.30. The maximum Gasteiger partial charge on any atom is 0.243 e. The van der Waals surface area contributed by atoms with Crippen LogP contribution in [0.4, 0.5) is 0 Å². The molecule has 0 bridgehead atoms. The molecule has 3 amide bonds. The lowest BCUT2D eigenvalue weighted by Crippen LogP contribution is -2.59. The highest BCUT2D eigenvalue weighted by Crippen LogP contribution is 2.39. The number of phenols is 1. The molecule has 2 aliphatic heterocycles. The van der Waals surface area contributed by atoms with Crippen molar-refractivity contribution in [3.63, 3.8) is 0 Å². The van der Waals surface area contributed by atoms with E-state index >= 15 is 0 Å². The van der Waals surface area contributed by atoms with Gasteiger partial charge in [-0.25, -0.2) is 4.98 Å². The second kappa shape index (κ2) is 17.5. The molecule has 2 fully saturated rings. The Hall–Kier alpha value is -5.97. The number of carbonyl (C=O) groups excluding carboxylic acids is 3. The summed E-state index contributed by atoms with van der Waals surface area (Å²) in [6, 6.07) is 17.8. The number of aryl methyl sites for hydroxylation is 2. The van der Waals surface area contributed by atoms with Crippen molar-refractivity contribution < 1.29 is 29.1 Å². The Bertz CT molecular complexity index is 2680. The number of phenolic OH excluding ortho intramolecular Hbond substituents is 1. The standard InChI is InChI=1S/C48H55N9O6S/c1-26(2)34(21-43(60)57-24-32(58)19-40(57)46(61)51-27(3)29-9-11-31(12-10-29)44-28(4)50-25-64-44)42-22-38(55-63-42)30-14-17-56(18-15-30)47(62)48(49)16-13-37-36(23-48)35-20-39(53-54-45(35)52-37)33-7-5-6-8-41(33)59/h5-12,20,22,25-27,30,32,34,40,58-59H,13-19,21,23-24,49H2,1-4H3,(H,51,61)(H,52,54)/t27-,32+,34+,40-,48+/m0/s1. The molecule has 2 aromatic carbocycles. The number of H-pyrrole nitrogens is 1. The van der Waals surface area contributed by atoms with Gasteiger partial charge in [-0.3, -0.25) is 14.4 Å². The van der Waals surface area contributed by atoms with Gasteiger partial charge < -0.3 is 40.6 Å². The lowest BCUT2D eigenvalue weighted by atomic mass is 9.79. The fourth-order valence-electron chi connectivity index (χ4n) is 9.83. The first kappa shape index (κ1) is 43.3. The number of nitrogens with zero attached hydrogens (tertiary/aromatic N) is 6. The van der Waals surface area contributed by atoms with E-state index in [1.54, 1.807) is 29.5 Å². The number of hydrogen-bond acceptors (Lipinski definition) is 12. The van der Waals surface area contributed by atoms with E-state index in [1.165, 1.54) is 4.90 Å². The zero-order valence-electron chi connectivity index (χ0n) is 36.6. The summed E-state index contributed by atoms with van der Waals surface area (Å²) in [5.74, 6) is -0.0736. The zero-order chi connectivity index (χ0) is 44.9. The summed E-state index contributed by atoms with van der Waals surface area (Å²) >= 11 is 1.59. The molecule has 4 aromatic heterocycles. The number of aromatic amines is 1. The first-order chi connectivity index (χ1) is 30.8. The van der Waals surface area contributed by atoms with Crippen LogP contribution < -0.4 is 11.1 Å². The number of carbonyl (C=O) groups is 3. The highest BCUT2D eigenvalue weighted by Gasteiger charge is 2.44. The maximum atomic E-state index is 14.2. The first-order valence-electron chi connectivity index (χ1n) is 22.2. The van der Waals surface area contributed by atoms with Crippen LogP contribution in [0, 0.1) is 12.8 Å². The Morgan fingerprint density at radius 1 is 1.06 bits per heavy atom. The fourth-order valence-corrected chi connectivity index (χ4v) is 10.6. The molecule has 6 N–H and O–H groups in total. The molecule has 1 aliphatic carbocycles. The van der Waals surface area contributed by atoms with Crippen LogP contribution in [-0.4, -0.2) is 100 Å². The summed E-state index contributed by atoms with van der Waals surface area (Å²) in [4.78, 5) is 54.1. The molecule has 2 saturated heterocycles. The van der Waals surface area contributed by atoms with Gasteiger partial charge in [0.15, 0.2) is 5.65 Å². The van der Waals surface area contributed by atoms with Crippen molar-refractivity contribution in [1.82, 2.24) is 40.4 Å². The minimum Gasteiger partial charge on any atom is -0.507 e. The quantitative estimate of drug-likeness (QED) is 0.0972. The van der Waals surface area contributed by atoms with Gasteiger partial charge in [0.25, 0.3) is 0 Å². The number of β-amino-alcohol motifs (C(OH)–C–C–N with tert-alkyl or cyclic N) is 1. The number of para-hydroxylation sites is 1. The van der Waals surface area contributed by atoms with Crippen molar-refractivity contribution in [2.24, 2.45) is 11.7 Å². The summed E-state index contributed by atoms with van der Waals surface area (Å²) in [5.41, 5.74) is 15.2. The molecular formula is C48H55N9O6S. The number of aliphatic hydroxyl groups is 1. The molecule has 334 valence electrons. The Labute approximate surface area is 375 Å². The number of benzene rings is 2. The summed E-state index contributed by atoms with van der Waals surface area (Å²) in [5, 5.41) is 38.3. The van der Waals surface area contributed by atoms with Crippen molar-refractivity contribution in [3.8, 4) is 27.4 Å². The Morgan fingerprint density at radius 2 is 1.83 bits per heavy atom. The number of fused-ring (bicyclic) bond motifs is 3. The largest absolute Gasteiger partial charge is 0.507 e. The molecule has 0 unspecified atom stereocenters. The number of nitrogens with two attached hydrogens (primary N) is 1. The van der Waals surface area contributed by atoms with Gasteiger partial charge in [0, 0.05) is 73.4 Å². The molecule has 0 spiro atoms. The second-order valence-electron chi connectivity index (χ2n) is 18.3. The lowest BCUT2D eigenvalue weighted by molar-refractivity contribution is -0.139. The van der Waals surface area contributed by atoms with Crippen LogP contribution in [0.2, 0.25) is 0 Å². The number of amides is 3. The second-order valence-corrected chi connectivity index (χ2v) is 19.1.